The Labute approximate surface area is 188 Å². The normalized spacial score (nSPS) is 10.2. The molecule has 0 aliphatic rings. The minimum absolute atomic E-state index is 0.138. The fraction of sp³-hybridized carbons (Fsp3) is 0.192. The molecule has 0 fully saturated rings. The third-order valence-electron chi connectivity index (χ3n) is 4.27. The van der Waals surface area contributed by atoms with Crippen LogP contribution in [0.3, 0.4) is 0 Å². The Morgan fingerprint density at radius 2 is 1.44 bits per heavy atom. The van der Waals surface area contributed by atoms with Gasteiger partial charge in [0.15, 0.2) is 0 Å². The van der Waals surface area contributed by atoms with E-state index in [4.69, 9.17) is 14.2 Å². The summed E-state index contributed by atoms with van der Waals surface area (Å²) in [5.74, 6) is 2.10. The summed E-state index contributed by atoms with van der Waals surface area (Å²) in [7, 11) is 0. The monoisotopic (exact) mass is 432 g/mol. The summed E-state index contributed by atoms with van der Waals surface area (Å²) in [6, 6.07) is 24.3. The van der Waals surface area contributed by atoms with Crippen LogP contribution in [0.25, 0.3) is 0 Å². The van der Waals surface area contributed by atoms with Crippen molar-refractivity contribution in [3.63, 3.8) is 0 Å². The Morgan fingerprint density at radius 3 is 2.12 bits per heavy atom. The lowest BCUT2D eigenvalue weighted by molar-refractivity contribution is -0.114. The smallest absolute Gasteiger partial charge is 0.243 e. The number of hydrogen-bond donors (Lipinski definition) is 2. The Bertz CT molecular complexity index is 1000. The fourth-order valence-corrected chi connectivity index (χ4v) is 2.76. The summed E-state index contributed by atoms with van der Waals surface area (Å²) in [6.07, 6.45) is 0. The van der Waals surface area contributed by atoms with Gasteiger partial charge in [-0.3, -0.25) is 4.79 Å². The Balaban J connectivity index is 1.38. The highest BCUT2D eigenvalue weighted by atomic mass is 16.5. The maximum Gasteiger partial charge on any atom is 0.243 e. The van der Waals surface area contributed by atoms with Crippen LogP contribution in [-0.2, 0) is 4.79 Å². The second kappa shape index (κ2) is 12.1. The zero-order valence-electron chi connectivity index (χ0n) is 18.2. The van der Waals surface area contributed by atoms with Crippen molar-refractivity contribution < 1.29 is 19.0 Å². The van der Waals surface area contributed by atoms with Gasteiger partial charge in [0.2, 0.25) is 5.91 Å². The van der Waals surface area contributed by atoms with Crippen LogP contribution in [0.1, 0.15) is 6.92 Å². The average molecular weight is 433 g/mol. The third-order valence-corrected chi connectivity index (χ3v) is 4.27. The zero-order chi connectivity index (χ0) is 22.6. The molecule has 32 heavy (non-hydrogen) atoms. The minimum atomic E-state index is -0.150. The second-order valence-corrected chi connectivity index (χ2v) is 7.21. The van der Waals surface area contributed by atoms with E-state index in [0.717, 1.165) is 22.8 Å². The molecule has 0 radical (unpaired) electrons. The van der Waals surface area contributed by atoms with Gasteiger partial charge in [-0.2, -0.15) is 0 Å². The zero-order valence-corrected chi connectivity index (χ0v) is 18.2. The molecule has 6 nitrogen and oxygen atoms in total. The minimum Gasteiger partial charge on any atom is -0.490 e. The van der Waals surface area contributed by atoms with E-state index in [-0.39, 0.29) is 12.5 Å². The molecule has 0 spiro atoms. The van der Waals surface area contributed by atoms with Gasteiger partial charge in [0.05, 0.1) is 6.54 Å². The largest absolute Gasteiger partial charge is 0.490 e. The first kappa shape index (κ1) is 22.7. The number of nitrogens with one attached hydrogen (secondary N) is 2. The summed E-state index contributed by atoms with van der Waals surface area (Å²) in [5.41, 5.74) is 2.45. The maximum absolute atomic E-state index is 12.3. The first-order valence-corrected chi connectivity index (χ1v) is 10.4. The molecule has 3 rings (SSSR count). The number of carbonyl (C=O) groups is 1. The van der Waals surface area contributed by atoms with Crippen LogP contribution in [-0.4, -0.2) is 32.3 Å². The summed E-state index contributed by atoms with van der Waals surface area (Å²) >= 11 is 0. The molecule has 0 aromatic heterocycles. The number of amides is 1. The van der Waals surface area contributed by atoms with E-state index in [9.17, 15) is 4.79 Å². The first-order chi connectivity index (χ1) is 15.6. The van der Waals surface area contributed by atoms with Gasteiger partial charge in [0, 0.05) is 17.4 Å². The van der Waals surface area contributed by atoms with Gasteiger partial charge < -0.3 is 24.8 Å². The number of carbonyl (C=O) groups excluding carboxylic acids is 1. The van der Waals surface area contributed by atoms with Crippen LogP contribution < -0.4 is 24.8 Å². The molecule has 0 aliphatic carbocycles. The second-order valence-electron chi connectivity index (χ2n) is 7.21. The summed E-state index contributed by atoms with van der Waals surface area (Å²) in [6.45, 7) is 7.21. The topological polar surface area (TPSA) is 68.8 Å². The molecule has 0 atom stereocenters. The fourth-order valence-electron chi connectivity index (χ4n) is 2.76. The SMILES string of the molecule is C=C(C)COc1cccc(NCC(=O)Nc2ccc(OCCOc3ccccc3)cc2)c1. The Morgan fingerprint density at radius 1 is 0.781 bits per heavy atom. The highest BCUT2D eigenvalue weighted by Gasteiger charge is 2.04. The van der Waals surface area contributed by atoms with E-state index in [1.165, 1.54) is 0 Å². The predicted molar refractivity (Wildman–Crippen MR) is 128 cm³/mol. The molecule has 2 N–H and O–H groups in total. The average Bonchev–Trinajstić information content (AvgIpc) is 2.81. The van der Waals surface area contributed by atoms with Gasteiger partial charge in [-0.25, -0.2) is 0 Å². The van der Waals surface area contributed by atoms with Crippen LogP contribution >= 0.6 is 0 Å². The molecule has 3 aromatic rings. The number of anilines is 2. The van der Waals surface area contributed by atoms with Crippen molar-refractivity contribution in [2.75, 3.05) is 37.0 Å². The predicted octanol–water partition coefficient (Wildman–Crippen LogP) is 5.15. The summed E-state index contributed by atoms with van der Waals surface area (Å²) < 4.78 is 16.9. The molecule has 0 bridgehead atoms. The van der Waals surface area contributed by atoms with Crippen LogP contribution in [0.15, 0.2) is 91.0 Å². The van der Waals surface area contributed by atoms with Crippen LogP contribution in [0.4, 0.5) is 11.4 Å². The van der Waals surface area contributed by atoms with Crippen molar-refractivity contribution in [2.24, 2.45) is 0 Å². The molecule has 0 unspecified atom stereocenters. The Hall–Kier alpha value is -3.93. The van der Waals surface area contributed by atoms with E-state index in [0.29, 0.717) is 31.3 Å². The van der Waals surface area contributed by atoms with Gasteiger partial charge >= 0.3 is 0 Å². The molecule has 0 aliphatic heterocycles. The molecule has 0 saturated heterocycles. The molecule has 166 valence electrons. The number of rotatable bonds is 12. The van der Waals surface area contributed by atoms with E-state index < -0.39 is 0 Å². The lowest BCUT2D eigenvalue weighted by atomic mass is 10.3. The highest BCUT2D eigenvalue weighted by molar-refractivity contribution is 5.93. The molecule has 6 heteroatoms. The van der Waals surface area contributed by atoms with Crippen LogP contribution in [0.2, 0.25) is 0 Å². The van der Waals surface area contributed by atoms with Gasteiger partial charge in [0.1, 0.15) is 37.1 Å². The van der Waals surface area contributed by atoms with Crippen molar-refractivity contribution in [2.45, 2.75) is 6.92 Å². The van der Waals surface area contributed by atoms with Crippen molar-refractivity contribution >= 4 is 17.3 Å². The van der Waals surface area contributed by atoms with E-state index in [1.807, 2.05) is 73.7 Å². The number of benzene rings is 3. The molecular weight excluding hydrogens is 404 g/mol. The quantitative estimate of drug-likeness (QED) is 0.306. The number of ether oxygens (including phenoxy) is 3. The van der Waals surface area contributed by atoms with Crippen molar-refractivity contribution in [3.05, 3.63) is 91.0 Å². The van der Waals surface area contributed by atoms with E-state index in [1.54, 1.807) is 12.1 Å². The number of hydrogen-bond acceptors (Lipinski definition) is 5. The third kappa shape index (κ3) is 8.07. The van der Waals surface area contributed by atoms with Gasteiger partial charge in [0.25, 0.3) is 0 Å². The number of para-hydroxylation sites is 1. The molecule has 0 saturated carbocycles. The van der Waals surface area contributed by atoms with Crippen LogP contribution in [0.5, 0.6) is 17.2 Å². The van der Waals surface area contributed by atoms with E-state index >= 15 is 0 Å². The van der Waals surface area contributed by atoms with Crippen LogP contribution in [0, 0.1) is 0 Å². The van der Waals surface area contributed by atoms with Gasteiger partial charge in [-0.15, -0.1) is 0 Å². The summed E-state index contributed by atoms with van der Waals surface area (Å²) in [4.78, 5) is 12.3. The van der Waals surface area contributed by atoms with Crippen molar-refractivity contribution in [1.82, 2.24) is 0 Å². The van der Waals surface area contributed by atoms with Crippen molar-refractivity contribution in [3.8, 4) is 17.2 Å². The molecule has 3 aromatic carbocycles. The standard InChI is InChI=1S/C26H28N2O4/c1-20(2)19-32-25-10-6-7-22(17-25)27-18-26(29)28-21-11-13-24(14-12-21)31-16-15-30-23-8-4-3-5-9-23/h3-14,17,27H,1,15-16,18-19H2,2H3,(H,28,29). The lowest BCUT2D eigenvalue weighted by Crippen LogP contribution is -2.21. The maximum atomic E-state index is 12.3. The lowest BCUT2D eigenvalue weighted by Gasteiger charge is -2.11. The highest BCUT2D eigenvalue weighted by Crippen LogP contribution is 2.18. The molecule has 1 amide bonds. The van der Waals surface area contributed by atoms with Gasteiger partial charge in [-0.05, 0) is 61.0 Å². The Kier molecular flexibility index (Phi) is 8.57. The molecular formula is C26H28N2O4. The molecule has 0 heterocycles. The van der Waals surface area contributed by atoms with Crippen molar-refractivity contribution in [1.29, 1.82) is 0 Å². The van der Waals surface area contributed by atoms with E-state index in [2.05, 4.69) is 17.2 Å². The first-order valence-electron chi connectivity index (χ1n) is 10.4. The van der Waals surface area contributed by atoms with Gasteiger partial charge in [-0.1, -0.05) is 30.8 Å². The summed E-state index contributed by atoms with van der Waals surface area (Å²) in [5, 5.41) is 5.96.